The van der Waals surface area contributed by atoms with Crippen LogP contribution in [-0.4, -0.2) is 33.3 Å². The third kappa shape index (κ3) is 3.62. The molecule has 16 heavy (non-hydrogen) atoms. The maximum atomic E-state index is 11.4. The van der Waals surface area contributed by atoms with Crippen LogP contribution in [0.25, 0.3) is 0 Å². The molecule has 1 rings (SSSR count). The van der Waals surface area contributed by atoms with E-state index in [1.807, 2.05) is 0 Å². The van der Waals surface area contributed by atoms with E-state index in [1.165, 1.54) is 6.20 Å². The van der Waals surface area contributed by atoms with Crippen molar-refractivity contribution in [3.63, 3.8) is 0 Å². The molecular formula is C8H14N2O4S2. The van der Waals surface area contributed by atoms with E-state index in [4.69, 9.17) is 0 Å². The van der Waals surface area contributed by atoms with Gasteiger partial charge in [-0.2, -0.15) is 0 Å². The molecule has 0 unspecified atom stereocenters. The van der Waals surface area contributed by atoms with Gasteiger partial charge in [-0.1, -0.05) is 0 Å². The summed E-state index contributed by atoms with van der Waals surface area (Å²) in [6.45, 7) is 1.70. The average Bonchev–Trinajstić information content (AvgIpc) is 2.41. The van der Waals surface area contributed by atoms with Crippen LogP contribution >= 0.6 is 0 Å². The highest BCUT2D eigenvalue weighted by molar-refractivity contribution is 7.89. The van der Waals surface area contributed by atoms with Gasteiger partial charge in [-0.05, 0) is 18.6 Å². The minimum Gasteiger partial charge on any atom is -0.248 e. The van der Waals surface area contributed by atoms with E-state index in [0.717, 1.165) is 22.0 Å². The summed E-state index contributed by atoms with van der Waals surface area (Å²) in [5.74, 6) is 0. The fraction of sp³-hybridized carbons (Fsp3) is 0.500. The van der Waals surface area contributed by atoms with Crippen LogP contribution in [0.2, 0.25) is 0 Å². The largest absolute Gasteiger partial charge is 0.248 e. The second-order valence-electron chi connectivity index (χ2n) is 3.66. The Hall–Kier alpha value is -0.860. The Morgan fingerprint density at radius 3 is 2.25 bits per heavy atom. The summed E-state index contributed by atoms with van der Waals surface area (Å²) in [7, 11) is -6.73. The molecule has 0 bridgehead atoms. The van der Waals surface area contributed by atoms with Crippen molar-refractivity contribution in [2.24, 2.45) is 0 Å². The molecule has 0 radical (unpaired) electrons. The standard InChI is InChI=1S/C8H14N2O4S2/c1-7-4-8(5-9-15(2,11)12)10(6-7)16(3,13)14/h4,6,9H,5H2,1-3H3. The number of hydrogen-bond acceptors (Lipinski definition) is 4. The van der Waals surface area contributed by atoms with Gasteiger partial charge in [0.25, 0.3) is 0 Å². The summed E-state index contributed by atoms with van der Waals surface area (Å²) in [4.78, 5) is 0. The molecule has 1 aromatic heterocycles. The molecule has 0 saturated carbocycles. The van der Waals surface area contributed by atoms with Crippen molar-refractivity contribution in [3.05, 3.63) is 23.5 Å². The molecular weight excluding hydrogens is 252 g/mol. The van der Waals surface area contributed by atoms with Gasteiger partial charge in [-0.15, -0.1) is 0 Å². The van der Waals surface area contributed by atoms with Crippen molar-refractivity contribution in [3.8, 4) is 0 Å². The van der Waals surface area contributed by atoms with Crippen molar-refractivity contribution >= 4 is 20.0 Å². The number of nitrogens with zero attached hydrogens (tertiary/aromatic N) is 1. The van der Waals surface area contributed by atoms with Crippen LogP contribution in [0.4, 0.5) is 0 Å². The zero-order valence-electron chi connectivity index (χ0n) is 9.26. The summed E-state index contributed by atoms with van der Waals surface area (Å²) in [5, 5.41) is 0. The highest BCUT2D eigenvalue weighted by atomic mass is 32.2. The molecule has 0 saturated heterocycles. The normalized spacial score (nSPS) is 12.9. The molecule has 0 aromatic carbocycles. The Bertz CT molecular complexity index is 584. The molecule has 1 heterocycles. The molecule has 0 aliphatic carbocycles. The predicted molar refractivity (Wildman–Crippen MR) is 61.1 cm³/mol. The molecule has 6 nitrogen and oxygen atoms in total. The molecule has 92 valence electrons. The summed E-state index contributed by atoms with van der Waals surface area (Å²) >= 11 is 0. The molecule has 1 N–H and O–H groups in total. The molecule has 0 aliphatic heterocycles. The number of nitrogens with one attached hydrogen (secondary N) is 1. The fourth-order valence-corrected chi connectivity index (χ4v) is 2.59. The van der Waals surface area contributed by atoms with E-state index in [9.17, 15) is 16.8 Å². The van der Waals surface area contributed by atoms with E-state index in [0.29, 0.717) is 5.69 Å². The van der Waals surface area contributed by atoms with Gasteiger partial charge in [0.2, 0.25) is 20.0 Å². The lowest BCUT2D eigenvalue weighted by Gasteiger charge is -2.06. The third-order valence-corrected chi connectivity index (χ3v) is 3.59. The Labute approximate surface area is 95.4 Å². The molecule has 0 spiro atoms. The Balaban J connectivity index is 3.06. The van der Waals surface area contributed by atoms with E-state index in [2.05, 4.69) is 4.72 Å². The van der Waals surface area contributed by atoms with Gasteiger partial charge in [0.05, 0.1) is 19.1 Å². The minimum atomic E-state index is -3.40. The molecule has 0 atom stereocenters. The second kappa shape index (κ2) is 4.19. The van der Waals surface area contributed by atoms with Crippen molar-refractivity contribution in [1.82, 2.24) is 8.69 Å². The SMILES string of the molecule is Cc1cc(CNS(C)(=O)=O)n(S(C)(=O)=O)c1. The Kier molecular flexibility index (Phi) is 3.46. The van der Waals surface area contributed by atoms with Gasteiger partial charge in [-0.25, -0.2) is 25.5 Å². The zero-order chi connectivity index (χ0) is 12.6. The van der Waals surface area contributed by atoms with Crippen LogP contribution in [0.3, 0.4) is 0 Å². The first-order chi connectivity index (χ1) is 7.09. The van der Waals surface area contributed by atoms with Gasteiger partial charge in [0, 0.05) is 11.9 Å². The van der Waals surface area contributed by atoms with Crippen LogP contribution < -0.4 is 4.72 Å². The maximum absolute atomic E-state index is 11.4. The lowest BCUT2D eigenvalue weighted by Crippen LogP contribution is -2.24. The lowest BCUT2D eigenvalue weighted by molar-refractivity contribution is 0.580. The van der Waals surface area contributed by atoms with Gasteiger partial charge < -0.3 is 0 Å². The number of sulfonamides is 1. The Morgan fingerprint density at radius 1 is 1.25 bits per heavy atom. The first kappa shape index (κ1) is 13.2. The molecule has 0 aliphatic rings. The highest BCUT2D eigenvalue weighted by Crippen LogP contribution is 2.10. The van der Waals surface area contributed by atoms with Crippen molar-refractivity contribution in [2.75, 3.05) is 12.5 Å². The fourth-order valence-electron chi connectivity index (χ4n) is 1.27. The monoisotopic (exact) mass is 266 g/mol. The second-order valence-corrected chi connectivity index (χ2v) is 7.35. The van der Waals surface area contributed by atoms with E-state index in [-0.39, 0.29) is 6.54 Å². The first-order valence-electron chi connectivity index (χ1n) is 4.42. The predicted octanol–water partition coefficient (Wildman–Crippen LogP) is -0.347. The van der Waals surface area contributed by atoms with Crippen molar-refractivity contribution in [1.29, 1.82) is 0 Å². The van der Waals surface area contributed by atoms with Crippen LogP contribution in [-0.2, 0) is 26.6 Å². The number of rotatable bonds is 4. The van der Waals surface area contributed by atoms with Gasteiger partial charge in [-0.3, -0.25) is 0 Å². The number of aromatic nitrogens is 1. The minimum absolute atomic E-state index is 0.0419. The van der Waals surface area contributed by atoms with E-state index in [1.54, 1.807) is 13.0 Å². The van der Waals surface area contributed by atoms with Crippen LogP contribution in [0.1, 0.15) is 11.3 Å². The summed E-state index contributed by atoms with van der Waals surface area (Å²) in [6.07, 6.45) is 3.54. The first-order valence-corrected chi connectivity index (χ1v) is 8.16. The molecule has 0 amide bonds. The molecule has 8 heteroatoms. The summed E-state index contributed by atoms with van der Waals surface area (Å²) < 4.78 is 47.9. The van der Waals surface area contributed by atoms with E-state index < -0.39 is 20.0 Å². The average molecular weight is 266 g/mol. The van der Waals surface area contributed by atoms with Crippen LogP contribution in [0, 0.1) is 6.92 Å². The van der Waals surface area contributed by atoms with Crippen LogP contribution in [0.15, 0.2) is 12.3 Å². The molecule has 0 fully saturated rings. The lowest BCUT2D eigenvalue weighted by atomic mass is 10.3. The number of hydrogen-bond donors (Lipinski definition) is 1. The summed E-state index contributed by atoms with van der Waals surface area (Å²) in [6, 6.07) is 1.62. The smallest absolute Gasteiger partial charge is 0.235 e. The summed E-state index contributed by atoms with van der Waals surface area (Å²) in [5.41, 5.74) is 1.15. The highest BCUT2D eigenvalue weighted by Gasteiger charge is 2.13. The maximum Gasteiger partial charge on any atom is 0.235 e. The number of aryl methyl sites for hydroxylation is 1. The quantitative estimate of drug-likeness (QED) is 0.807. The molecule has 1 aromatic rings. The zero-order valence-corrected chi connectivity index (χ0v) is 10.9. The Morgan fingerprint density at radius 2 is 1.81 bits per heavy atom. The van der Waals surface area contributed by atoms with Gasteiger partial charge >= 0.3 is 0 Å². The third-order valence-electron chi connectivity index (χ3n) is 1.87. The van der Waals surface area contributed by atoms with E-state index >= 15 is 0 Å². The van der Waals surface area contributed by atoms with Crippen molar-refractivity contribution in [2.45, 2.75) is 13.5 Å². The topological polar surface area (TPSA) is 85.2 Å². The van der Waals surface area contributed by atoms with Crippen LogP contribution in [0.5, 0.6) is 0 Å². The van der Waals surface area contributed by atoms with Gasteiger partial charge in [0.1, 0.15) is 0 Å². The van der Waals surface area contributed by atoms with Gasteiger partial charge in [0.15, 0.2) is 0 Å². The van der Waals surface area contributed by atoms with Crippen molar-refractivity contribution < 1.29 is 16.8 Å².